The van der Waals surface area contributed by atoms with E-state index in [1.807, 2.05) is 18.2 Å². The molecule has 1 fully saturated rings. The highest BCUT2D eigenvalue weighted by molar-refractivity contribution is 6.27. The molecule has 9 heteroatoms. The van der Waals surface area contributed by atoms with Gasteiger partial charge in [-0.05, 0) is 42.1 Å². The number of aliphatic hydroxyl groups is 1. The largest absolute Gasteiger partial charge is 0.491 e. The SMILES string of the molecule is CCN1CCN(c2nc(/C=C\Cc3ccccc3OCCO)cc3ccccc23)CC1.O=C(O)C(=O)O. The second-order valence-corrected chi connectivity index (χ2v) is 8.41. The number of pyridine rings is 1. The number of carboxylic acid groups (broad SMARTS) is 2. The Bertz CT molecular complexity index is 1210. The molecular weight excluding hydrogens is 474 g/mol. The van der Waals surface area contributed by atoms with Crippen LogP contribution in [-0.4, -0.2) is 83.1 Å². The van der Waals surface area contributed by atoms with E-state index in [0.29, 0.717) is 6.61 Å². The van der Waals surface area contributed by atoms with Gasteiger partial charge in [-0.15, -0.1) is 0 Å². The fraction of sp³-hybridized carbons (Fsp3) is 0.321. The Labute approximate surface area is 216 Å². The summed E-state index contributed by atoms with van der Waals surface area (Å²) in [6, 6.07) is 18.6. The molecule has 9 nitrogen and oxygen atoms in total. The number of rotatable bonds is 8. The molecule has 1 aliphatic rings. The van der Waals surface area contributed by atoms with Crippen molar-refractivity contribution < 1.29 is 29.6 Å². The van der Waals surface area contributed by atoms with Crippen molar-refractivity contribution in [2.75, 3.05) is 50.8 Å². The normalized spacial score (nSPS) is 13.8. The van der Waals surface area contributed by atoms with E-state index in [9.17, 15) is 0 Å². The third kappa shape index (κ3) is 8.03. The monoisotopic (exact) mass is 507 g/mol. The lowest BCUT2D eigenvalue weighted by atomic mass is 10.1. The number of para-hydroxylation sites is 1. The zero-order valence-electron chi connectivity index (χ0n) is 20.9. The Morgan fingerprint density at radius 1 is 1.00 bits per heavy atom. The van der Waals surface area contributed by atoms with Crippen LogP contribution in [0.3, 0.4) is 0 Å². The number of carboxylic acids is 2. The highest BCUT2D eigenvalue weighted by Gasteiger charge is 2.19. The fourth-order valence-corrected chi connectivity index (χ4v) is 4.08. The molecule has 0 amide bonds. The maximum atomic E-state index is 9.10. The van der Waals surface area contributed by atoms with E-state index in [4.69, 9.17) is 34.6 Å². The number of aliphatic carboxylic acids is 2. The highest BCUT2D eigenvalue weighted by Crippen LogP contribution is 2.27. The summed E-state index contributed by atoms with van der Waals surface area (Å²) in [5, 5.41) is 26.3. The summed E-state index contributed by atoms with van der Waals surface area (Å²) in [6.45, 7) is 7.83. The molecule has 0 atom stereocenters. The van der Waals surface area contributed by atoms with E-state index in [-0.39, 0.29) is 6.61 Å². The molecule has 0 radical (unpaired) electrons. The fourth-order valence-electron chi connectivity index (χ4n) is 4.08. The molecule has 4 rings (SSSR count). The van der Waals surface area contributed by atoms with E-state index in [1.54, 1.807) is 0 Å². The molecule has 0 bridgehead atoms. The van der Waals surface area contributed by atoms with Crippen molar-refractivity contribution in [2.24, 2.45) is 0 Å². The maximum absolute atomic E-state index is 9.10. The van der Waals surface area contributed by atoms with Crippen molar-refractivity contribution in [1.29, 1.82) is 0 Å². The van der Waals surface area contributed by atoms with Crippen molar-refractivity contribution >= 4 is 34.6 Å². The molecule has 0 aliphatic carbocycles. The Kier molecular flexibility index (Phi) is 10.4. The highest BCUT2D eigenvalue weighted by atomic mass is 16.5. The Hall–Kier alpha value is -3.95. The number of carbonyl (C=O) groups is 2. The van der Waals surface area contributed by atoms with Crippen molar-refractivity contribution in [1.82, 2.24) is 9.88 Å². The Balaban J connectivity index is 0.000000568. The van der Waals surface area contributed by atoms with Gasteiger partial charge in [0.15, 0.2) is 0 Å². The molecule has 0 spiro atoms. The summed E-state index contributed by atoms with van der Waals surface area (Å²) < 4.78 is 5.65. The molecule has 0 saturated carbocycles. The van der Waals surface area contributed by atoms with Gasteiger partial charge in [-0.1, -0.05) is 55.5 Å². The van der Waals surface area contributed by atoms with E-state index < -0.39 is 11.9 Å². The van der Waals surface area contributed by atoms with Crippen LogP contribution >= 0.6 is 0 Å². The summed E-state index contributed by atoms with van der Waals surface area (Å²) in [6.07, 6.45) is 4.98. The van der Waals surface area contributed by atoms with Crippen LogP contribution in [0.2, 0.25) is 0 Å². The summed E-state index contributed by atoms with van der Waals surface area (Å²) in [7, 11) is 0. The van der Waals surface area contributed by atoms with Crippen LogP contribution in [0.25, 0.3) is 16.8 Å². The van der Waals surface area contributed by atoms with Crippen molar-refractivity contribution in [3.05, 3.63) is 71.9 Å². The van der Waals surface area contributed by atoms with E-state index in [2.05, 4.69) is 65.3 Å². The first kappa shape index (κ1) is 27.6. The zero-order chi connectivity index (χ0) is 26.6. The molecule has 3 N–H and O–H groups in total. The van der Waals surface area contributed by atoms with Gasteiger partial charge in [-0.2, -0.15) is 0 Å². The van der Waals surface area contributed by atoms with Gasteiger partial charge in [-0.3, -0.25) is 0 Å². The molecule has 3 aromatic rings. The van der Waals surface area contributed by atoms with Crippen molar-refractivity contribution in [2.45, 2.75) is 13.3 Å². The lowest BCUT2D eigenvalue weighted by molar-refractivity contribution is -0.159. The predicted octanol–water partition coefficient (Wildman–Crippen LogP) is 3.16. The molecule has 1 saturated heterocycles. The first-order valence-electron chi connectivity index (χ1n) is 12.2. The Morgan fingerprint density at radius 2 is 1.68 bits per heavy atom. The van der Waals surface area contributed by atoms with Crippen LogP contribution in [0.4, 0.5) is 5.82 Å². The number of anilines is 1. The van der Waals surface area contributed by atoms with Gasteiger partial charge in [0.1, 0.15) is 18.2 Å². The topological polar surface area (TPSA) is 123 Å². The Morgan fingerprint density at radius 3 is 2.35 bits per heavy atom. The number of hydrogen-bond donors (Lipinski definition) is 3. The average molecular weight is 508 g/mol. The van der Waals surface area contributed by atoms with Gasteiger partial charge in [0, 0.05) is 31.6 Å². The molecule has 2 aromatic carbocycles. The van der Waals surface area contributed by atoms with Crippen molar-refractivity contribution in [3.63, 3.8) is 0 Å². The number of ether oxygens (including phenoxy) is 1. The number of fused-ring (bicyclic) bond motifs is 1. The maximum Gasteiger partial charge on any atom is 0.414 e. The minimum absolute atomic E-state index is 0.0144. The number of nitrogens with zero attached hydrogens (tertiary/aromatic N) is 3. The lowest BCUT2D eigenvalue weighted by Gasteiger charge is -2.35. The van der Waals surface area contributed by atoms with Crippen LogP contribution in [0.15, 0.2) is 60.7 Å². The third-order valence-electron chi connectivity index (χ3n) is 5.99. The van der Waals surface area contributed by atoms with Crippen LogP contribution < -0.4 is 9.64 Å². The molecule has 1 aromatic heterocycles. The molecule has 196 valence electrons. The van der Waals surface area contributed by atoms with E-state index >= 15 is 0 Å². The molecule has 1 aliphatic heterocycles. The summed E-state index contributed by atoms with van der Waals surface area (Å²) in [5.41, 5.74) is 2.07. The number of allylic oxidation sites excluding steroid dienone is 1. The second-order valence-electron chi connectivity index (χ2n) is 8.41. The second kappa shape index (κ2) is 14.0. The van der Waals surface area contributed by atoms with Crippen LogP contribution in [0.1, 0.15) is 18.2 Å². The smallest absolute Gasteiger partial charge is 0.414 e. The van der Waals surface area contributed by atoms with Gasteiger partial charge >= 0.3 is 11.9 Å². The zero-order valence-corrected chi connectivity index (χ0v) is 20.9. The number of likely N-dealkylation sites (N-methyl/N-ethyl adjacent to an activating group) is 1. The van der Waals surface area contributed by atoms with Crippen LogP contribution in [0.5, 0.6) is 5.75 Å². The predicted molar refractivity (Wildman–Crippen MR) is 143 cm³/mol. The average Bonchev–Trinajstić information content (AvgIpc) is 2.92. The lowest BCUT2D eigenvalue weighted by Crippen LogP contribution is -2.46. The minimum atomic E-state index is -1.82. The first-order chi connectivity index (χ1) is 17.9. The van der Waals surface area contributed by atoms with E-state index in [0.717, 1.165) is 62.0 Å². The number of aliphatic hydroxyl groups excluding tert-OH is 1. The van der Waals surface area contributed by atoms with Gasteiger partial charge in [0.2, 0.25) is 0 Å². The molecular formula is C28H33N3O6. The number of hydrogen-bond acceptors (Lipinski definition) is 7. The molecule has 0 unspecified atom stereocenters. The molecule has 2 heterocycles. The number of aromatic nitrogens is 1. The minimum Gasteiger partial charge on any atom is -0.491 e. The third-order valence-corrected chi connectivity index (χ3v) is 5.99. The van der Waals surface area contributed by atoms with Crippen molar-refractivity contribution in [3.8, 4) is 5.75 Å². The van der Waals surface area contributed by atoms with Gasteiger partial charge in [0.05, 0.1) is 12.3 Å². The van der Waals surface area contributed by atoms with E-state index in [1.165, 1.54) is 10.8 Å². The van der Waals surface area contributed by atoms with Gasteiger partial charge < -0.3 is 29.9 Å². The van der Waals surface area contributed by atoms with Crippen LogP contribution in [-0.2, 0) is 16.0 Å². The first-order valence-corrected chi connectivity index (χ1v) is 12.2. The van der Waals surface area contributed by atoms with Gasteiger partial charge in [0.25, 0.3) is 0 Å². The van der Waals surface area contributed by atoms with Crippen LogP contribution in [0, 0.1) is 0 Å². The van der Waals surface area contributed by atoms with Gasteiger partial charge in [-0.25, -0.2) is 14.6 Å². The molecule has 37 heavy (non-hydrogen) atoms. The quantitative estimate of drug-likeness (QED) is 0.395. The summed E-state index contributed by atoms with van der Waals surface area (Å²) >= 11 is 0. The number of piperazine rings is 1. The number of benzene rings is 2. The summed E-state index contributed by atoms with van der Waals surface area (Å²) in [5.74, 6) is -1.74. The summed E-state index contributed by atoms with van der Waals surface area (Å²) in [4.78, 5) is 28.1. The standard InChI is InChI=1S/C26H31N3O2.C2H2O4/c1-2-28-14-16-29(17-15-28)26-24-12-5-3-9-22(24)20-23(27-26)11-7-10-21-8-4-6-13-25(21)31-19-18-30;3-1(4)2(5)6/h3-9,11-13,20,30H,2,10,14-19H2,1H3;(H,3,4)(H,5,6)/b11-7-;.